The molecular formula is C13H21NO2S. The first-order valence-corrected chi connectivity index (χ1v) is 6.88. The van der Waals surface area contributed by atoms with Crippen LogP contribution >= 0.6 is 11.3 Å². The fraction of sp³-hybridized carbons (Fsp3) is 0.615. The second kappa shape index (κ2) is 6.17. The van der Waals surface area contributed by atoms with Gasteiger partial charge in [-0.3, -0.25) is 4.79 Å². The molecule has 1 aromatic rings. The topological polar surface area (TPSA) is 40.5 Å². The summed E-state index contributed by atoms with van der Waals surface area (Å²) >= 11 is 1.60. The van der Waals surface area contributed by atoms with E-state index in [0.717, 1.165) is 5.56 Å². The predicted molar refractivity (Wildman–Crippen MR) is 71.3 cm³/mol. The smallest absolute Gasteiger partial charge is 0.230 e. The third kappa shape index (κ3) is 3.82. The minimum absolute atomic E-state index is 0.0827. The number of rotatable bonds is 5. The van der Waals surface area contributed by atoms with Crippen molar-refractivity contribution >= 4 is 17.2 Å². The van der Waals surface area contributed by atoms with Crippen molar-refractivity contribution in [3.8, 4) is 0 Å². The minimum Gasteiger partial charge on any atom is -0.392 e. The molecule has 1 amide bonds. The number of hydrogen-bond donors (Lipinski definition) is 1. The highest BCUT2D eigenvalue weighted by molar-refractivity contribution is 7.08. The number of amides is 1. The molecule has 1 rings (SSSR count). The van der Waals surface area contributed by atoms with Gasteiger partial charge in [0.2, 0.25) is 5.91 Å². The van der Waals surface area contributed by atoms with Crippen molar-refractivity contribution in [3.05, 3.63) is 22.4 Å². The van der Waals surface area contributed by atoms with Crippen molar-refractivity contribution in [2.24, 2.45) is 0 Å². The number of carbonyl (C=O) groups is 1. The number of aliphatic hydroxyl groups is 1. The van der Waals surface area contributed by atoms with Gasteiger partial charge in [-0.15, -0.1) is 0 Å². The number of aliphatic hydroxyl groups excluding tert-OH is 1. The first-order chi connectivity index (χ1) is 7.93. The average Bonchev–Trinajstić information content (AvgIpc) is 2.76. The standard InChI is InChI=1S/C13H21NO2S/c1-9(2)14(7-10(3)15)13(16)11(4)12-5-6-17-8-12/h5-6,8-11,15H,7H2,1-4H3. The maximum Gasteiger partial charge on any atom is 0.230 e. The van der Waals surface area contributed by atoms with Crippen molar-refractivity contribution in [3.63, 3.8) is 0 Å². The molecule has 2 atom stereocenters. The molecule has 0 aliphatic heterocycles. The summed E-state index contributed by atoms with van der Waals surface area (Å²) in [5, 5.41) is 13.4. The van der Waals surface area contributed by atoms with Crippen molar-refractivity contribution in [1.29, 1.82) is 0 Å². The Morgan fingerprint density at radius 1 is 1.41 bits per heavy atom. The van der Waals surface area contributed by atoms with E-state index < -0.39 is 6.10 Å². The summed E-state index contributed by atoms with van der Waals surface area (Å²) in [6.45, 7) is 7.96. The quantitative estimate of drug-likeness (QED) is 0.878. The van der Waals surface area contributed by atoms with Crippen LogP contribution in [0.4, 0.5) is 0 Å². The Hall–Kier alpha value is -0.870. The molecule has 0 spiro atoms. The first-order valence-electron chi connectivity index (χ1n) is 5.94. The van der Waals surface area contributed by atoms with Gasteiger partial charge in [0.1, 0.15) is 0 Å². The molecule has 0 bridgehead atoms. The van der Waals surface area contributed by atoms with E-state index in [2.05, 4.69) is 0 Å². The molecule has 0 fully saturated rings. The molecule has 0 saturated carbocycles. The van der Waals surface area contributed by atoms with Crippen LogP contribution in [0.3, 0.4) is 0 Å². The molecule has 4 heteroatoms. The Morgan fingerprint density at radius 2 is 2.06 bits per heavy atom. The van der Waals surface area contributed by atoms with E-state index in [4.69, 9.17) is 0 Å². The van der Waals surface area contributed by atoms with E-state index >= 15 is 0 Å². The van der Waals surface area contributed by atoms with Gasteiger partial charge in [-0.05, 0) is 50.1 Å². The van der Waals surface area contributed by atoms with Crippen molar-refractivity contribution in [1.82, 2.24) is 4.90 Å². The van der Waals surface area contributed by atoms with Crippen molar-refractivity contribution in [2.45, 2.75) is 45.8 Å². The van der Waals surface area contributed by atoms with Gasteiger partial charge in [0.25, 0.3) is 0 Å². The lowest BCUT2D eigenvalue weighted by Gasteiger charge is -2.30. The van der Waals surface area contributed by atoms with E-state index in [1.165, 1.54) is 0 Å². The number of hydrogen-bond acceptors (Lipinski definition) is 3. The molecular weight excluding hydrogens is 234 g/mol. The van der Waals surface area contributed by atoms with Gasteiger partial charge in [-0.25, -0.2) is 0 Å². The fourth-order valence-corrected chi connectivity index (χ4v) is 2.51. The van der Waals surface area contributed by atoms with E-state index in [0.29, 0.717) is 6.54 Å². The summed E-state index contributed by atoms with van der Waals surface area (Å²) in [5.41, 5.74) is 1.05. The van der Waals surface area contributed by atoms with Crippen molar-refractivity contribution in [2.75, 3.05) is 6.54 Å². The lowest BCUT2D eigenvalue weighted by atomic mass is 10.0. The Bertz CT molecular complexity index is 346. The van der Waals surface area contributed by atoms with Crippen LogP contribution in [0.2, 0.25) is 0 Å². The zero-order chi connectivity index (χ0) is 13.0. The highest BCUT2D eigenvalue weighted by Gasteiger charge is 2.25. The van der Waals surface area contributed by atoms with E-state index in [9.17, 15) is 9.90 Å². The Morgan fingerprint density at radius 3 is 2.47 bits per heavy atom. The first kappa shape index (κ1) is 14.2. The lowest BCUT2D eigenvalue weighted by molar-refractivity contribution is -0.135. The van der Waals surface area contributed by atoms with Gasteiger partial charge in [0.05, 0.1) is 12.0 Å². The number of carbonyl (C=O) groups excluding carboxylic acids is 1. The molecule has 17 heavy (non-hydrogen) atoms. The summed E-state index contributed by atoms with van der Waals surface area (Å²) in [6.07, 6.45) is -0.490. The molecule has 96 valence electrons. The summed E-state index contributed by atoms with van der Waals surface area (Å²) in [5.74, 6) is -0.0540. The molecule has 1 aromatic heterocycles. The van der Waals surface area contributed by atoms with E-state index in [1.807, 2.05) is 37.6 Å². The lowest BCUT2D eigenvalue weighted by Crippen LogP contribution is -2.43. The normalized spacial score (nSPS) is 14.7. The van der Waals surface area contributed by atoms with Gasteiger partial charge < -0.3 is 10.0 Å². The summed E-state index contributed by atoms with van der Waals surface area (Å²) in [4.78, 5) is 14.1. The summed E-state index contributed by atoms with van der Waals surface area (Å²) < 4.78 is 0. The average molecular weight is 255 g/mol. The third-order valence-corrected chi connectivity index (χ3v) is 3.48. The number of thiophene rings is 1. The molecule has 0 aliphatic rings. The van der Waals surface area contributed by atoms with Crippen LogP contribution in [0.15, 0.2) is 16.8 Å². The maximum absolute atomic E-state index is 12.3. The largest absolute Gasteiger partial charge is 0.392 e. The van der Waals surface area contributed by atoms with Gasteiger partial charge in [-0.1, -0.05) is 0 Å². The molecule has 0 aliphatic carbocycles. The van der Waals surface area contributed by atoms with E-state index in [1.54, 1.807) is 23.2 Å². The maximum atomic E-state index is 12.3. The molecule has 2 unspecified atom stereocenters. The van der Waals surface area contributed by atoms with Crippen LogP contribution in [-0.2, 0) is 4.79 Å². The third-order valence-electron chi connectivity index (χ3n) is 2.78. The molecule has 0 saturated heterocycles. The second-order valence-corrected chi connectivity index (χ2v) is 5.49. The van der Waals surface area contributed by atoms with Gasteiger partial charge >= 0.3 is 0 Å². The Balaban J connectivity index is 2.77. The zero-order valence-electron chi connectivity index (χ0n) is 10.9. The summed E-state index contributed by atoms with van der Waals surface area (Å²) in [7, 11) is 0. The van der Waals surface area contributed by atoms with Crippen LogP contribution in [0, 0.1) is 0 Å². The highest BCUT2D eigenvalue weighted by Crippen LogP contribution is 2.21. The van der Waals surface area contributed by atoms with E-state index in [-0.39, 0.29) is 17.9 Å². The highest BCUT2D eigenvalue weighted by atomic mass is 32.1. The second-order valence-electron chi connectivity index (χ2n) is 4.71. The van der Waals surface area contributed by atoms with Gasteiger partial charge in [0.15, 0.2) is 0 Å². The van der Waals surface area contributed by atoms with Crippen LogP contribution in [-0.4, -0.2) is 34.6 Å². The minimum atomic E-state index is -0.490. The zero-order valence-corrected chi connectivity index (χ0v) is 11.7. The van der Waals surface area contributed by atoms with Crippen LogP contribution in [0.5, 0.6) is 0 Å². The fourth-order valence-electron chi connectivity index (χ4n) is 1.75. The number of nitrogens with zero attached hydrogens (tertiary/aromatic N) is 1. The molecule has 0 radical (unpaired) electrons. The van der Waals surface area contributed by atoms with Crippen LogP contribution in [0.25, 0.3) is 0 Å². The van der Waals surface area contributed by atoms with Gasteiger partial charge in [-0.2, -0.15) is 11.3 Å². The van der Waals surface area contributed by atoms with Crippen LogP contribution in [0.1, 0.15) is 39.2 Å². The SMILES string of the molecule is CC(O)CN(C(=O)C(C)c1ccsc1)C(C)C. The van der Waals surface area contributed by atoms with Crippen molar-refractivity contribution < 1.29 is 9.90 Å². The van der Waals surface area contributed by atoms with Crippen LogP contribution < -0.4 is 0 Å². The molecule has 0 aromatic carbocycles. The predicted octanol–water partition coefficient (Wildman–Crippen LogP) is 2.47. The molecule has 1 heterocycles. The van der Waals surface area contributed by atoms with Gasteiger partial charge in [0, 0.05) is 12.6 Å². The summed E-state index contributed by atoms with van der Waals surface area (Å²) in [6, 6.07) is 2.09. The Kier molecular flexibility index (Phi) is 5.15. The monoisotopic (exact) mass is 255 g/mol. The molecule has 3 nitrogen and oxygen atoms in total. The molecule has 1 N–H and O–H groups in total. The Labute approximate surface area is 107 Å².